The molecule has 0 radical (unpaired) electrons. The summed E-state index contributed by atoms with van der Waals surface area (Å²) in [5, 5.41) is 9.76. The van der Waals surface area contributed by atoms with Crippen LogP contribution >= 0.6 is 0 Å². The van der Waals surface area contributed by atoms with Gasteiger partial charge in [-0.25, -0.2) is 0 Å². The van der Waals surface area contributed by atoms with Crippen LogP contribution in [0.2, 0.25) is 0 Å². The second kappa shape index (κ2) is 7.16. The number of halogens is 9. The summed E-state index contributed by atoms with van der Waals surface area (Å²) in [7, 11) is 0. The molecular formula is C15H15F9O2. The van der Waals surface area contributed by atoms with Gasteiger partial charge in [-0.1, -0.05) is 18.2 Å². The van der Waals surface area contributed by atoms with Crippen LogP contribution in [0.15, 0.2) is 24.3 Å². The Morgan fingerprint density at radius 1 is 0.885 bits per heavy atom. The highest BCUT2D eigenvalue weighted by Crippen LogP contribution is 2.55. The van der Waals surface area contributed by atoms with Crippen LogP contribution in [0.1, 0.15) is 31.9 Å². The summed E-state index contributed by atoms with van der Waals surface area (Å²) in [6, 6.07) is 4.77. The molecule has 0 aliphatic rings. The monoisotopic (exact) mass is 398 g/mol. The van der Waals surface area contributed by atoms with E-state index in [4.69, 9.17) is 4.74 Å². The topological polar surface area (TPSA) is 29.5 Å². The molecule has 1 rings (SSSR count). The smallest absolute Gasteiger partial charge is 0.460 e. The van der Waals surface area contributed by atoms with Gasteiger partial charge in [-0.3, -0.25) is 0 Å². The minimum atomic E-state index is -6.99. The number of ether oxygens (including phenoxy) is 1. The zero-order valence-electron chi connectivity index (χ0n) is 13.4. The first kappa shape index (κ1) is 22.4. The number of rotatable bonds is 7. The first-order chi connectivity index (χ1) is 11.5. The highest BCUT2D eigenvalue weighted by Gasteiger charge is 2.81. The normalized spacial score (nSPS) is 15.3. The second-order valence-electron chi connectivity index (χ2n) is 5.78. The van der Waals surface area contributed by atoms with Crippen molar-refractivity contribution in [2.45, 2.75) is 56.4 Å². The van der Waals surface area contributed by atoms with Crippen LogP contribution < -0.4 is 4.74 Å². The Hall–Kier alpha value is -1.65. The van der Waals surface area contributed by atoms with Crippen molar-refractivity contribution in [1.82, 2.24) is 0 Å². The third-order valence-corrected chi connectivity index (χ3v) is 3.30. The van der Waals surface area contributed by atoms with Crippen LogP contribution in [0, 0.1) is 0 Å². The Bertz CT molecular complexity index is 611. The average Bonchev–Trinajstić information content (AvgIpc) is 2.44. The lowest BCUT2D eigenvalue weighted by atomic mass is 9.95. The third kappa shape index (κ3) is 4.18. The van der Waals surface area contributed by atoms with Crippen molar-refractivity contribution in [1.29, 1.82) is 0 Å². The van der Waals surface area contributed by atoms with E-state index in [-0.39, 0.29) is 5.75 Å². The number of aliphatic hydroxyl groups is 1. The highest BCUT2D eigenvalue weighted by molar-refractivity contribution is 5.35. The average molecular weight is 398 g/mol. The Kier molecular flexibility index (Phi) is 6.17. The molecule has 0 heterocycles. The summed E-state index contributed by atoms with van der Waals surface area (Å²) in [4.78, 5) is 0. The molecular weight excluding hydrogens is 383 g/mol. The molecule has 0 aliphatic carbocycles. The first-order valence-electron chi connectivity index (χ1n) is 7.18. The summed E-state index contributed by atoms with van der Waals surface area (Å²) in [6.07, 6.45) is -12.3. The third-order valence-electron chi connectivity index (χ3n) is 3.30. The predicted molar refractivity (Wildman–Crippen MR) is 72.7 cm³/mol. The second-order valence-corrected chi connectivity index (χ2v) is 5.78. The number of alkyl halides is 9. The van der Waals surface area contributed by atoms with Gasteiger partial charge in [0.15, 0.2) is 0 Å². The van der Waals surface area contributed by atoms with E-state index in [9.17, 15) is 44.6 Å². The molecule has 1 unspecified atom stereocenters. The molecule has 0 bridgehead atoms. The van der Waals surface area contributed by atoms with E-state index in [0.717, 1.165) is 6.07 Å². The molecule has 0 spiro atoms. The minimum absolute atomic E-state index is 0.198. The minimum Gasteiger partial charge on any atom is -0.491 e. The lowest BCUT2D eigenvalue weighted by Gasteiger charge is -2.34. The van der Waals surface area contributed by atoms with E-state index in [1.807, 2.05) is 0 Å². The van der Waals surface area contributed by atoms with Crippen molar-refractivity contribution in [3.8, 4) is 5.75 Å². The van der Waals surface area contributed by atoms with Gasteiger partial charge in [-0.2, -0.15) is 39.5 Å². The maximum absolute atomic E-state index is 13.6. The lowest BCUT2D eigenvalue weighted by Crippen LogP contribution is -2.61. The van der Waals surface area contributed by atoms with Crippen molar-refractivity contribution in [2.75, 3.05) is 0 Å². The van der Waals surface area contributed by atoms with Crippen LogP contribution in [-0.2, 0) is 0 Å². The fourth-order valence-corrected chi connectivity index (χ4v) is 2.01. The maximum atomic E-state index is 13.6. The molecule has 1 atom stereocenters. The van der Waals surface area contributed by atoms with Gasteiger partial charge in [-0.15, -0.1) is 0 Å². The van der Waals surface area contributed by atoms with Gasteiger partial charge in [0.05, 0.1) is 12.2 Å². The Morgan fingerprint density at radius 2 is 1.38 bits per heavy atom. The van der Waals surface area contributed by atoms with Crippen molar-refractivity contribution in [3.63, 3.8) is 0 Å². The van der Waals surface area contributed by atoms with Crippen LogP contribution in [0.4, 0.5) is 39.5 Å². The van der Waals surface area contributed by atoms with Crippen LogP contribution in [0.3, 0.4) is 0 Å². The molecule has 0 aromatic heterocycles. The van der Waals surface area contributed by atoms with Gasteiger partial charge in [0.25, 0.3) is 0 Å². The molecule has 150 valence electrons. The van der Waals surface area contributed by atoms with Crippen molar-refractivity contribution >= 4 is 0 Å². The molecule has 1 aromatic carbocycles. The summed E-state index contributed by atoms with van der Waals surface area (Å²) < 4.78 is 121. The summed E-state index contributed by atoms with van der Waals surface area (Å²) in [5.74, 6) is -19.8. The Balaban J connectivity index is 3.17. The first-order valence-corrected chi connectivity index (χ1v) is 7.18. The number of para-hydroxylation sites is 1. The summed E-state index contributed by atoms with van der Waals surface area (Å²) in [6.45, 7) is 3.05. The van der Waals surface area contributed by atoms with Crippen molar-refractivity contribution in [3.05, 3.63) is 29.8 Å². The SMILES string of the molecule is CC(C)Oc1ccccc1C(O)CC(F)(F)C(F)(F)C(F)(F)C(F)(F)F. The molecule has 0 saturated heterocycles. The standard InChI is InChI=1S/C15H15F9O2/c1-8(2)26-11-6-4-3-5-9(11)10(25)7-12(16,17)13(18,19)14(20,21)15(22,23)24/h3-6,8,10,25H,7H2,1-2H3. The summed E-state index contributed by atoms with van der Waals surface area (Å²) in [5.41, 5.74) is -0.452. The van der Waals surface area contributed by atoms with Crippen molar-refractivity contribution in [2.24, 2.45) is 0 Å². The molecule has 0 aliphatic heterocycles. The van der Waals surface area contributed by atoms with Gasteiger partial charge >= 0.3 is 23.9 Å². The van der Waals surface area contributed by atoms with Gasteiger partial charge < -0.3 is 9.84 Å². The number of aliphatic hydroxyl groups excluding tert-OH is 1. The molecule has 0 amide bonds. The Morgan fingerprint density at radius 3 is 1.85 bits per heavy atom. The molecule has 2 nitrogen and oxygen atoms in total. The molecule has 1 aromatic rings. The van der Waals surface area contributed by atoms with E-state index in [1.165, 1.54) is 32.0 Å². The quantitative estimate of drug-likeness (QED) is 0.627. The van der Waals surface area contributed by atoms with E-state index in [0.29, 0.717) is 0 Å². The summed E-state index contributed by atoms with van der Waals surface area (Å²) >= 11 is 0. The van der Waals surface area contributed by atoms with Crippen molar-refractivity contribution < 1.29 is 49.4 Å². The van der Waals surface area contributed by atoms with E-state index in [1.54, 1.807) is 0 Å². The van der Waals surface area contributed by atoms with E-state index >= 15 is 0 Å². The molecule has 26 heavy (non-hydrogen) atoms. The molecule has 1 N–H and O–H groups in total. The van der Waals surface area contributed by atoms with E-state index < -0.39 is 48.1 Å². The van der Waals surface area contributed by atoms with Gasteiger partial charge in [0.2, 0.25) is 0 Å². The number of hydrogen-bond acceptors (Lipinski definition) is 2. The van der Waals surface area contributed by atoms with Gasteiger partial charge in [-0.05, 0) is 19.9 Å². The van der Waals surface area contributed by atoms with Gasteiger partial charge in [0.1, 0.15) is 5.75 Å². The zero-order valence-corrected chi connectivity index (χ0v) is 13.4. The lowest BCUT2D eigenvalue weighted by molar-refractivity contribution is -0.398. The number of benzene rings is 1. The van der Waals surface area contributed by atoms with Crippen LogP contribution in [0.25, 0.3) is 0 Å². The molecule has 0 saturated carbocycles. The fraction of sp³-hybridized carbons (Fsp3) is 0.600. The predicted octanol–water partition coefficient (Wildman–Crippen LogP) is 5.37. The Labute approximate surface area is 142 Å². The van der Waals surface area contributed by atoms with E-state index in [2.05, 4.69) is 0 Å². The van der Waals surface area contributed by atoms with Crippen LogP contribution in [0.5, 0.6) is 5.75 Å². The number of hydrogen-bond donors (Lipinski definition) is 1. The fourth-order valence-electron chi connectivity index (χ4n) is 2.01. The highest BCUT2D eigenvalue weighted by atomic mass is 19.4. The van der Waals surface area contributed by atoms with Gasteiger partial charge in [0, 0.05) is 12.0 Å². The largest absolute Gasteiger partial charge is 0.491 e. The molecule has 11 heteroatoms. The van der Waals surface area contributed by atoms with Crippen LogP contribution in [-0.4, -0.2) is 35.2 Å². The zero-order chi connectivity index (χ0) is 20.6. The molecule has 0 fully saturated rings. The maximum Gasteiger partial charge on any atom is 0.460 e.